The van der Waals surface area contributed by atoms with Crippen LogP contribution in [0.4, 0.5) is 5.69 Å². The fourth-order valence-corrected chi connectivity index (χ4v) is 2.93. The lowest BCUT2D eigenvalue weighted by Gasteiger charge is -2.30. The van der Waals surface area contributed by atoms with E-state index in [4.69, 9.17) is 10.9 Å². The van der Waals surface area contributed by atoms with Crippen molar-refractivity contribution in [2.75, 3.05) is 32.1 Å². The summed E-state index contributed by atoms with van der Waals surface area (Å²) in [5, 5.41) is 22.1. The number of nitrogens with two attached hydrogens (primary N) is 1. The summed E-state index contributed by atoms with van der Waals surface area (Å²) in [6.07, 6.45) is 0.373. The van der Waals surface area contributed by atoms with Gasteiger partial charge in [0.1, 0.15) is 0 Å². The molecule has 1 heterocycles. The summed E-state index contributed by atoms with van der Waals surface area (Å²) in [6, 6.07) is 6.03. The van der Waals surface area contributed by atoms with Crippen molar-refractivity contribution in [1.29, 1.82) is 0 Å². The van der Waals surface area contributed by atoms with E-state index < -0.39 is 0 Å². The van der Waals surface area contributed by atoms with E-state index in [2.05, 4.69) is 15.0 Å². The highest BCUT2D eigenvalue weighted by molar-refractivity contribution is 6.02. The molecule has 1 saturated heterocycles. The molecule has 4 N–H and O–H groups in total. The van der Waals surface area contributed by atoms with Crippen LogP contribution in [-0.4, -0.2) is 60.4 Å². The van der Waals surface area contributed by atoms with E-state index in [1.807, 2.05) is 39.2 Å². The van der Waals surface area contributed by atoms with Crippen molar-refractivity contribution in [3.05, 3.63) is 29.3 Å². The van der Waals surface area contributed by atoms with Crippen molar-refractivity contribution in [2.45, 2.75) is 25.5 Å². The maximum atomic E-state index is 10.0. The number of amidine groups is 1. The second-order valence-corrected chi connectivity index (χ2v) is 5.96. The Morgan fingerprint density at radius 1 is 1.48 bits per heavy atom. The Hall–Kier alpha value is -1.79. The molecule has 1 aromatic rings. The number of aliphatic hydroxyl groups is 1. The van der Waals surface area contributed by atoms with Crippen LogP contribution in [-0.2, 0) is 0 Å². The molecule has 0 aromatic heterocycles. The monoisotopic (exact) mass is 292 g/mol. The summed E-state index contributed by atoms with van der Waals surface area (Å²) in [5.74, 6) is 0.0926. The number of aliphatic hydroxyl groups excluding tert-OH is 1. The van der Waals surface area contributed by atoms with Crippen molar-refractivity contribution in [3.63, 3.8) is 0 Å². The van der Waals surface area contributed by atoms with Crippen molar-refractivity contribution >= 4 is 11.5 Å². The lowest BCUT2D eigenvalue weighted by molar-refractivity contribution is 0.191. The van der Waals surface area contributed by atoms with E-state index in [-0.39, 0.29) is 18.0 Å². The molecule has 1 aromatic carbocycles. The van der Waals surface area contributed by atoms with Gasteiger partial charge >= 0.3 is 0 Å². The van der Waals surface area contributed by atoms with Gasteiger partial charge in [-0.15, -0.1) is 0 Å². The van der Waals surface area contributed by atoms with Crippen LogP contribution in [0, 0.1) is 6.92 Å². The molecule has 1 aliphatic heterocycles. The van der Waals surface area contributed by atoms with E-state index >= 15 is 0 Å². The first-order valence-electron chi connectivity index (χ1n) is 7.10. The molecule has 6 heteroatoms. The number of rotatable bonds is 4. The molecule has 2 unspecified atom stereocenters. The second kappa shape index (κ2) is 6.32. The highest BCUT2D eigenvalue weighted by atomic mass is 16.4. The van der Waals surface area contributed by atoms with Crippen LogP contribution in [0.1, 0.15) is 17.5 Å². The van der Waals surface area contributed by atoms with Crippen LogP contribution in [0.15, 0.2) is 23.4 Å². The van der Waals surface area contributed by atoms with Gasteiger partial charge in [0.15, 0.2) is 5.84 Å². The Labute approximate surface area is 125 Å². The number of β-amino-alcohol motifs (C(OH)–C–C–N with tert-alkyl or cyclic N) is 1. The number of anilines is 1. The molecular formula is C15H24N4O2. The summed E-state index contributed by atoms with van der Waals surface area (Å²) in [5.41, 5.74) is 8.50. The molecule has 1 aliphatic rings. The lowest BCUT2D eigenvalue weighted by atomic mass is 10.1. The van der Waals surface area contributed by atoms with Crippen molar-refractivity contribution < 1.29 is 10.3 Å². The summed E-state index contributed by atoms with van der Waals surface area (Å²) in [6.45, 7) is 3.42. The first-order valence-corrected chi connectivity index (χ1v) is 7.10. The smallest absolute Gasteiger partial charge is 0.172 e. The van der Waals surface area contributed by atoms with E-state index in [1.54, 1.807) is 0 Å². The first-order chi connectivity index (χ1) is 9.92. The van der Waals surface area contributed by atoms with Gasteiger partial charge in [0.2, 0.25) is 0 Å². The van der Waals surface area contributed by atoms with Crippen LogP contribution in [0.25, 0.3) is 0 Å². The predicted octanol–water partition coefficient (Wildman–Crippen LogP) is 0.591. The molecule has 21 heavy (non-hydrogen) atoms. The maximum Gasteiger partial charge on any atom is 0.172 e. The van der Waals surface area contributed by atoms with Gasteiger partial charge in [-0.05, 0) is 45.1 Å². The van der Waals surface area contributed by atoms with Gasteiger partial charge < -0.3 is 25.8 Å². The Balaban J connectivity index is 2.41. The van der Waals surface area contributed by atoms with Crippen molar-refractivity contribution in [3.8, 4) is 0 Å². The van der Waals surface area contributed by atoms with Crippen LogP contribution in [0.5, 0.6) is 0 Å². The van der Waals surface area contributed by atoms with Gasteiger partial charge in [-0.1, -0.05) is 11.2 Å². The van der Waals surface area contributed by atoms with E-state index in [0.29, 0.717) is 12.1 Å². The molecule has 116 valence electrons. The molecule has 2 rings (SSSR count). The number of hydrogen-bond acceptors (Lipinski definition) is 5. The number of likely N-dealkylation sites (N-methyl/N-ethyl adjacent to an activating group) is 1. The molecule has 2 atom stereocenters. The fraction of sp³-hybridized carbons (Fsp3) is 0.533. The van der Waals surface area contributed by atoms with E-state index in [1.165, 1.54) is 0 Å². The zero-order valence-corrected chi connectivity index (χ0v) is 12.8. The molecule has 0 radical (unpaired) electrons. The highest BCUT2D eigenvalue weighted by Crippen LogP contribution is 2.30. The third-order valence-electron chi connectivity index (χ3n) is 3.81. The average Bonchev–Trinajstić information content (AvgIpc) is 2.77. The number of nitrogens with zero attached hydrogens (tertiary/aromatic N) is 3. The SMILES string of the molecule is Cc1ccc(C(N)=NO)c(N2CC(O)CC2CN(C)C)c1. The number of benzene rings is 1. The van der Waals surface area contributed by atoms with Gasteiger partial charge in [-0.3, -0.25) is 0 Å². The molecule has 0 spiro atoms. The van der Waals surface area contributed by atoms with Crippen LogP contribution in [0.2, 0.25) is 0 Å². The van der Waals surface area contributed by atoms with Gasteiger partial charge in [-0.2, -0.15) is 0 Å². The minimum atomic E-state index is -0.351. The molecular weight excluding hydrogens is 268 g/mol. The Kier molecular flexibility index (Phi) is 4.69. The predicted molar refractivity (Wildman–Crippen MR) is 84.0 cm³/mol. The Morgan fingerprint density at radius 2 is 2.19 bits per heavy atom. The van der Waals surface area contributed by atoms with Crippen molar-refractivity contribution in [1.82, 2.24) is 4.90 Å². The standard InChI is InChI=1S/C15H24N4O2/c1-10-4-5-13(15(16)17-21)14(6-10)19-9-12(20)7-11(19)8-18(2)3/h4-6,11-12,20-21H,7-9H2,1-3H3,(H2,16,17). The summed E-state index contributed by atoms with van der Waals surface area (Å²) in [4.78, 5) is 4.26. The second-order valence-electron chi connectivity index (χ2n) is 5.96. The molecule has 0 bridgehead atoms. The lowest BCUT2D eigenvalue weighted by Crippen LogP contribution is -2.38. The summed E-state index contributed by atoms with van der Waals surface area (Å²) >= 11 is 0. The van der Waals surface area contributed by atoms with E-state index in [0.717, 1.165) is 24.2 Å². The number of oxime groups is 1. The van der Waals surface area contributed by atoms with Crippen molar-refractivity contribution in [2.24, 2.45) is 10.9 Å². The maximum absolute atomic E-state index is 10.0. The molecule has 0 saturated carbocycles. The van der Waals surface area contributed by atoms with Gasteiger partial charge in [-0.25, -0.2) is 0 Å². The largest absolute Gasteiger partial charge is 0.409 e. The minimum absolute atomic E-state index is 0.0926. The van der Waals surface area contributed by atoms with Crippen LogP contribution < -0.4 is 10.6 Å². The van der Waals surface area contributed by atoms with Gasteiger partial charge in [0.05, 0.1) is 6.10 Å². The Bertz CT molecular complexity index is 530. The zero-order chi connectivity index (χ0) is 15.6. The zero-order valence-electron chi connectivity index (χ0n) is 12.8. The number of hydrogen-bond donors (Lipinski definition) is 3. The first kappa shape index (κ1) is 15.6. The molecule has 0 aliphatic carbocycles. The summed E-state index contributed by atoms with van der Waals surface area (Å²) < 4.78 is 0. The van der Waals surface area contributed by atoms with Gasteiger partial charge in [0, 0.05) is 30.4 Å². The minimum Gasteiger partial charge on any atom is -0.409 e. The average molecular weight is 292 g/mol. The Morgan fingerprint density at radius 3 is 2.81 bits per heavy atom. The molecule has 1 fully saturated rings. The van der Waals surface area contributed by atoms with Crippen LogP contribution in [0.3, 0.4) is 0 Å². The van der Waals surface area contributed by atoms with Gasteiger partial charge in [0.25, 0.3) is 0 Å². The number of aryl methyl sites for hydroxylation is 1. The fourth-order valence-electron chi connectivity index (χ4n) is 2.93. The third kappa shape index (κ3) is 3.46. The third-order valence-corrected chi connectivity index (χ3v) is 3.81. The highest BCUT2D eigenvalue weighted by Gasteiger charge is 2.32. The molecule has 0 amide bonds. The normalized spacial score (nSPS) is 23.1. The van der Waals surface area contributed by atoms with E-state index in [9.17, 15) is 5.11 Å². The topological polar surface area (TPSA) is 85.3 Å². The molecule has 6 nitrogen and oxygen atoms in total. The summed E-state index contributed by atoms with van der Waals surface area (Å²) in [7, 11) is 4.03. The van der Waals surface area contributed by atoms with Crippen LogP contribution >= 0.6 is 0 Å². The quantitative estimate of drug-likeness (QED) is 0.327.